The van der Waals surface area contributed by atoms with Gasteiger partial charge in [-0.1, -0.05) is 55.4 Å². The molecule has 0 unspecified atom stereocenters. The second kappa shape index (κ2) is 15.2. The fraction of sp³-hybridized carbons (Fsp3) is 1.00. The zero-order valence-electron chi connectivity index (χ0n) is 13.9. The molecule has 0 rings (SSSR count). The van der Waals surface area contributed by atoms with Gasteiger partial charge in [-0.3, -0.25) is 0 Å². The van der Waals surface area contributed by atoms with Gasteiger partial charge in [0.25, 0.3) is 0 Å². The minimum absolute atomic E-state index is 0. The predicted octanol–water partition coefficient (Wildman–Crippen LogP) is 2.14. The maximum absolute atomic E-state index is 10.4. The molecule has 0 heterocycles. The van der Waals surface area contributed by atoms with Crippen molar-refractivity contribution in [2.45, 2.75) is 72.0 Å². The Morgan fingerprint density at radius 3 is 0.895 bits per heavy atom. The number of rotatable bonds is 4. The largest absolute Gasteiger partial charge is 0.431 e. The number of hydrogen-bond donors (Lipinski definition) is 2. The molecule has 0 radical (unpaired) electrons. The smallest absolute Gasteiger partial charge is 0.196 e. The molecule has 0 fully saturated rings. The third-order valence-corrected chi connectivity index (χ3v) is 8.69. The van der Waals surface area contributed by atoms with Crippen molar-refractivity contribution in [3.8, 4) is 0 Å². The molecule has 0 saturated carbocycles. The second-order valence-corrected chi connectivity index (χ2v) is 11.2. The fourth-order valence-electron chi connectivity index (χ4n) is 2.00. The molecular weight excluding hydrogens is 296 g/mol. The van der Waals surface area contributed by atoms with Gasteiger partial charge in [0.2, 0.25) is 0 Å². The molecule has 0 bridgehead atoms. The van der Waals surface area contributed by atoms with E-state index >= 15 is 0 Å². The number of hydrogen-bond acceptors (Lipinski definition) is 2. The summed E-state index contributed by atoms with van der Waals surface area (Å²) in [7, 11) is -1.98. The van der Waals surface area contributed by atoms with E-state index in [9.17, 15) is 4.80 Å². The van der Waals surface area contributed by atoms with Crippen LogP contribution in [0.2, 0.25) is 16.6 Å². The summed E-state index contributed by atoms with van der Waals surface area (Å²) in [5.41, 5.74) is 1.42. The summed E-state index contributed by atoms with van der Waals surface area (Å²) in [5, 5.41) is 8.14. The van der Waals surface area contributed by atoms with E-state index in [1.165, 1.54) is 0 Å². The van der Waals surface area contributed by atoms with Gasteiger partial charge in [0.1, 0.15) is 0 Å². The van der Waals surface area contributed by atoms with Gasteiger partial charge >= 0.3 is 0 Å². The van der Waals surface area contributed by atoms with Crippen LogP contribution < -0.4 is 0 Å². The molecule has 0 spiro atoms. The van der Waals surface area contributed by atoms with Crippen LogP contribution in [-0.4, -0.2) is 35.8 Å². The Labute approximate surface area is 135 Å². The minimum Gasteiger partial charge on any atom is -0.431 e. The molecule has 6 N–H and O–H groups in total. The summed E-state index contributed by atoms with van der Waals surface area (Å²) >= 11 is 0. The first-order valence-electron chi connectivity index (χ1n) is 6.43. The van der Waals surface area contributed by atoms with Gasteiger partial charge in [0.15, 0.2) is 8.32 Å². The van der Waals surface area contributed by atoms with E-state index in [-0.39, 0.29) is 32.7 Å². The molecular formula is C13H36O4SiTi. The molecule has 6 heteroatoms. The van der Waals surface area contributed by atoms with E-state index in [4.69, 9.17) is 5.11 Å². The zero-order chi connectivity index (χ0) is 13.5. The molecule has 0 saturated heterocycles. The quantitative estimate of drug-likeness (QED) is 0.770. The maximum atomic E-state index is 10.4. The topological polar surface area (TPSA) is 103 Å². The molecule has 0 aromatic heterocycles. The van der Waals surface area contributed by atoms with Gasteiger partial charge in [-0.25, -0.2) is 0 Å². The maximum Gasteiger partial charge on any atom is 0.196 e. The Bertz CT molecular complexity index is 154. The van der Waals surface area contributed by atoms with Gasteiger partial charge in [0.05, 0.1) is 0 Å². The van der Waals surface area contributed by atoms with E-state index in [1.807, 2.05) is 13.8 Å². The minimum atomic E-state index is -1.98. The van der Waals surface area contributed by atoms with E-state index < -0.39 is 8.32 Å². The van der Waals surface area contributed by atoms with E-state index in [0.717, 1.165) is 0 Å². The first-order valence-corrected chi connectivity index (χ1v) is 8.61. The Kier molecular flexibility index (Phi) is 25.5. The van der Waals surface area contributed by atoms with Crippen molar-refractivity contribution < 1.29 is 42.6 Å². The first kappa shape index (κ1) is 31.9. The molecule has 0 aliphatic heterocycles. The Balaban J connectivity index is -0.0000000717. The van der Waals surface area contributed by atoms with Crippen molar-refractivity contribution >= 4 is 8.32 Å². The van der Waals surface area contributed by atoms with Crippen molar-refractivity contribution in [3.05, 3.63) is 0 Å². The fourth-order valence-corrected chi connectivity index (χ4v) is 6.00. The molecule has 0 aliphatic rings. The normalized spacial score (nSPS) is 10.4. The summed E-state index contributed by atoms with van der Waals surface area (Å²) in [5.74, 6) is 0.440. The summed E-state index contributed by atoms with van der Waals surface area (Å²) in [4.78, 5) is 10.4. The van der Waals surface area contributed by atoms with Gasteiger partial charge in [0, 0.05) is 28.3 Å². The van der Waals surface area contributed by atoms with Crippen LogP contribution in [0.1, 0.15) is 55.4 Å². The van der Waals surface area contributed by atoms with Crippen molar-refractivity contribution in [3.63, 3.8) is 0 Å². The van der Waals surface area contributed by atoms with Crippen molar-refractivity contribution in [2.75, 3.05) is 6.61 Å². The number of aliphatic hydroxyl groups is 1. The van der Waals surface area contributed by atoms with Crippen molar-refractivity contribution in [2.24, 2.45) is 5.92 Å². The zero-order valence-corrected chi connectivity index (χ0v) is 16.5. The summed E-state index contributed by atoms with van der Waals surface area (Å²) in [6, 6.07) is 0. The standard InChI is InChI=1S/C9H22OSi.C4H10O.2H2O.Ti/c1-7(2)11(10,8(3)4)9(5)6;1-4(2)3-5;;;/h7-10H,1-6H3;4-5H,3H2,1-2H3;2*1H2;. The molecule has 0 aromatic rings. The molecule has 4 nitrogen and oxygen atoms in total. The van der Waals surface area contributed by atoms with E-state index in [1.54, 1.807) is 0 Å². The van der Waals surface area contributed by atoms with E-state index in [0.29, 0.717) is 29.1 Å². The average Bonchev–Trinajstić information content (AvgIpc) is 2.16. The van der Waals surface area contributed by atoms with Crippen LogP contribution in [0.15, 0.2) is 0 Å². The summed E-state index contributed by atoms with van der Waals surface area (Å²) in [6.45, 7) is 17.1. The van der Waals surface area contributed by atoms with Crippen molar-refractivity contribution in [1.82, 2.24) is 0 Å². The van der Waals surface area contributed by atoms with Gasteiger partial charge in [-0.2, -0.15) is 0 Å². The van der Waals surface area contributed by atoms with Crippen LogP contribution in [0.5, 0.6) is 0 Å². The Morgan fingerprint density at radius 2 is 0.895 bits per heavy atom. The number of aliphatic hydroxyl groups excluding tert-OH is 1. The molecule has 120 valence electrons. The van der Waals surface area contributed by atoms with Crippen LogP contribution in [0.25, 0.3) is 0 Å². The van der Waals surface area contributed by atoms with Crippen LogP contribution in [0, 0.1) is 5.92 Å². The molecule has 19 heavy (non-hydrogen) atoms. The van der Waals surface area contributed by atoms with Crippen LogP contribution >= 0.6 is 0 Å². The summed E-state index contributed by atoms with van der Waals surface area (Å²) in [6.07, 6.45) is 0. The van der Waals surface area contributed by atoms with Gasteiger partial charge in [-0.15, -0.1) is 0 Å². The van der Waals surface area contributed by atoms with E-state index in [2.05, 4.69) is 41.5 Å². The third kappa shape index (κ3) is 12.2. The summed E-state index contributed by atoms with van der Waals surface area (Å²) < 4.78 is 0. The molecule has 0 atom stereocenters. The monoisotopic (exact) mass is 332 g/mol. The Hall–Kier alpha value is 0.771. The second-order valence-electron chi connectivity index (χ2n) is 5.93. The third-order valence-electron chi connectivity index (χ3n) is 3.14. The first-order chi connectivity index (χ1) is 7.10. The Morgan fingerprint density at radius 1 is 0.737 bits per heavy atom. The molecule has 0 aromatic carbocycles. The van der Waals surface area contributed by atoms with Crippen molar-refractivity contribution in [1.29, 1.82) is 0 Å². The molecule has 0 amide bonds. The molecule has 0 aliphatic carbocycles. The average molecular weight is 332 g/mol. The van der Waals surface area contributed by atoms with Crippen LogP contribution in [0.4, 0.5) is 0 Å². The van der Waals surface area contributed by atoms with Gasteiger partial charge < -0.3 is 20.9 Å². The van der Waals surface area contributed by atoms with Crippen LogP contribution in [0.3, 0.4) is 0 Å². The SMILES string of the molecule is CC(C)CO.CC(C)[Si](O)(C(C)C)C(C)C.O.O.[Ti]. The van der Waals surface area contributed by atoms with Crippen LogP contribution in [-0.2, 0) is 21.7 Å². The van der Waals surface area contributed by atoms with Gasteiger partial charge in [-0.05, 0) is 22.5 Å². The predicted molar refractivity (Wildman–Crippen MR) is 82.4 cm³/mol.